The summed E-state index contributed by atoms with van der Waals surface area (Å²) in [6.45, 7) is 2.48. The number of morpholine rings is 1. The van der Waals surface area contributed by atoms with Crippen molar-refractivity contribution in [3.8, 4) is 17.2 Å². The first-order valence-electron chi connectivity index (χ1n) is 9.28. The SMILES string of the molecule is N#Cc1ccc(S(=O)(=O)c2cc(-c3cnc(N)nc3)cc(N3CCOCC3)c2)cc1. The molecular weight excluding hydrogens is 402 g/mol. The molecule has 0 unspecified atom stereocenters. The molecule has 2 aromatic carbocycles. The van der Waals surface area contributed by atoms with Crippen LogP contribution in [0.25, 0.3) is 11.1 Å². The number of rotatable bonds is 4. The summed E-state index contributed by atoms with van der Waals surface area (Å²) in [5.74, 6) is 0.147. The van der Waals surface area contributed by atoms with Gasteiger partial charge in [0.05, 0.1) is 34.6 Å². The highest BCUT2D eigenvalue weighted by molar-refractivity contribution is 7.91. The molecule has 8 nitrogen and oxygen atoms in total. The Balaban J connectivity index is 1.83. The highest BCUT2D eigenvalue weighted by Crippen LogP contribution is 2.32. The fourth-order valence-electron chi connectivity index (χ4n) is 3.24. The fourth-order valence-corrected chi connectivity index (χ4v) is 4.57. The number of hydrogen-bond acceptors (Lipinski definition) is 8. The monoisotopic (exact) mass is 421 g/mol. The molecule has 1 fully saturated rings. The van der Waals surface area contributed by atoms with Crippen molar-refractivity contribution >= 4 is 21.5 Å². The van der Waals surface area contributed by atoms with Crippen LogP contribution in [0.3, 0.4) is 0 Å². The molecule has 1 aliphatic rings. The van der Waals surface area contributed by atoms with Gasteiger partial charge in [0.1, 0.15) is 0 Å². The summed E-state index contributed by atoms with van der Waals surface area (Å²) in [4.78, 5) is 10.4. The summed E-state index contributed by atoms with van der Waals surface area (Å²) >= 11 is 0. The van der Waals surface area contributed by atoms with Gasteiger partial charge in [-0.05, 0) is 48.0 Å². The molecule has 0 bridgehead atoms. The minimum atomic E-state index is -3.80. The summed E-state index contributed by atoms with van der Waals surface area (Å²) in [6.07, 6.45) is 3.14. The molecule has 0 atom stereocenters. The average Bonchev–Trinajstić information content (AvgIpc) is 2.80. The van der Waals surface area contributed by atoms with Gasteiger partial charge < -0.3 is 15.4 Å². The van der Waals surface area contributed by atoms with Crippen molar-refractivity contribution in [1.29, 1.82) is 5.26 Å². The molecule has 0 aliphatic carbocycles. The molecule has 30 heavy (non-hydrogen) atoms. The van der Waals surface area contributed by atoms with E-state index in [-0.39, 0.29) is 15.7 Å². The van der Waals surface area contributed by atoms with E-state index >= 15 is 0 Å². The van der Waals surface area contributed by atoms with E-state index in [0.717, 1.165) is 5.69 Å². The van der Waals surface area contributed by atoms with E-state index in [1.165, 1.54) is 24.3 Å². The van der Waals surface area contributed by atoms with Gasteiger partial charge in [-0.1, -0.05) is 0 Å². The molecule has 1 saturated heterocycles. The Kier molecular flexibility index (Phi) is 5.35. The van der Waals surface area contributed by atoms with Gasteiger partial charge in [-0.2, -0.15) is 5.26 Å². The number of nitrogens with two attached hydrogens (primary N) is 1. The smallest absolute Gasteiger partial charge is 0.219 e. The van der Waals surface area contributed by atoms with E-state index in [1.54, 1.807) is 24.5 Å². The lowest BCUT2D eigenvalue weighted by Gasteiger charge is -2.29. The lowest BCUT2D eigenvalue weighted by atomic mass is 10.1. The predicted molar refractivity (Wildman–Crippen MR) is 112 cm³/mol. The molecule has 0 saturated carbocycles. The van der Waals surface area contributed by atoms with E-state index < -0.39 is 9.84 Å². The Morgan fingerprint density at radius 3 is 2.27 bits per heavy atom. The Hall–Kier alpha value is -3.48. The van der Waals surface area contributed by atoms with Crippen LogP contribution in [-0.2, 0) is 14.6 Å². The molecule has 1 aliphatic heterocycles. The molecule has 2 heterocycles. The molecule has 9 heteroatoms. The second-order valence-corrected chi connectivity index (χ2v) is 8.73. The molecule has 0 amide bonds. The summed E-state index contributed by atoms with van der Waals surface area (Å²) in [6, 6.07) is 13.1. The molecule has 0 spiro atoms. The van der Waals surface area contributed by atoms with Crippen LogP contribution in [0.5, 0.6) is 0 Å². The van der Waals surface area contributed by atoms with Crippen molar-refractivity contribution in [1.82, 2.24) is 9.97 Å². The molecule has 2 N–H and O–H groups in total. The number of ether oxygens (including phenoxy) is 1. The van der Waals surface area contributed by atoms with Crippen molar-refractivity contribution in [2.45, 2.75) is 9.79 Å². The first-order valence-corrected chi connectivity index (χ1v) is 10.8. The van der Waals surface area contributed by atoms with E-state index in [2.05, 4.69) is 14.9 Å². The van der Waals surface area contributed by atoms with Crippen LogP contribution >= 0.6 is 0 Å². The minimum absolute atomic E-state index is 0.125. The predicted octanol–water partition coefficient (Wildman–Crippen LogP) is 2.27. The van der Waals surface area contributed by atoms with Crippen LogP contribution in [-0.4, -0.2) is 44.7 Å². The Labute approximate surface area is 174 Å². The number of benzene rings is 2. The number of nitrogen functional groups attached to an aromatic ring is 1. The summed E-state index contributed by atoms with van der Waals surface area (Å²) in [5, 5.41) is 8.97. The third-order valence-electron chi connectivity index (χ3n) is 4.88. The second kappa shape index (κ2) is 8.10. The Morgan fingerprint density at radius 2 is 1.63 bits per heavy atom. The molecule has 0 radical (unpaired) electrons. The summed E-state index contributed by atoms with van der Waals surface area (Å²) in [7, 11) is -3.80. The van der Waals surface area contributed by atoms with Crippen LogP contribution < -0.4 is 10.6 Å². The number of nitriles is 1. The zero-order valence-corrected chi connectivity index (χ0v) is 16.8. The quantitative estimate of drug-likeness (QED) is 0.681. The van der Waals surface area contributed by atoms with Crippen molar-refractivity contribution in [2.75, 3.05) is 36.9 Å². The topological polar surface area (TPSA) is 122 Å². The zero-order chi connectivity index (χ0) is 21.1. The molecule has 1 aromatic heterocycles. The normalized spacial score (nSPS) is 14.3. The maximum Gasteiger partial charge on any atom is 0.219 e. The number of aromatic nitrogens is 2. The van der Waals surface area contributed by atoms with Gasteiger partial charge in [0.2, 0.25) is 15.8 Å². The highest BCUT2D eigenvalue weighted by atomic mass is 32.2. The first-order chi connectivity index (χ1) is 14.5. The lowest BCUT2D eigenvalue weighted by Crippen LogP contribution is -2.36. The van der Waals surface area contributed by atoms with Crippen LogP contribution in [0, 0.1) is 11.3 Å². The van der Waals surface area contributed by atoms with Crippen LogP contribution in [0.15, 0.2) is 64.6 Å². The van der Waals surface area contributed by atoms with E-state index in [9.17, 15) is 8.42 Å². The van der Waals surface area contributed by atoms with Gasteiger partial charge in [0.25, 0.3) is 0 Å². The highest BCUT2D eigenvalue weighted by Gasteiger charge is 2.22. The van der Waals surface area contributed by atoms with E-state index in [1.807, 2.05) is 12.1 Å². The average molecular weight is 421 g/mol. The van der Waals surface area contributed by atoms with Crippen LogP contribution in [0.1, 0.15) is 5.56 Å². The fraction of sp³-hybridized carbons (Fsp3) is 0.190. The maximum atomic E-state index is 13.3. The summed E-state index contributed by atoms with van der Waals surface area (Å²) < 4.78 is 32.1. The molecular formula is C21H19N5O3S. The number of anilines is 2. The van der Waals surface area contributed by atoms with Gasteiger partial charge in [-0.3, -0.25) is 0 Å². The number of sulfone groups is 1. The summed E-state index contributed by atoms with van der Waals surface area (Å²) in [5.41, 5.74) is 8.10. The lowest BCUT2D eigenvalue weighted by molar-refractivity contribution is 0.122. The standard InChI is InChI=1S/C21H19N5O3S/c22-12-15-1-3-19(4-2-15)30(27,28)20-10-16(17-13-24-21(23)25-14-17)9-18(11-20)26-5-7-29-8-6-26/h1-4,9-11,13-14H,5-8H2,(H2,23,24,25). The van der Waals surface area contributed by atoms with Crippen molar-refractivity contribution in [3.63, 3.8) is 0 Å². The molecule has 4 rings (SSSR count). The Morgan fingerprint density at radius 1 is 0.967 bits per heavy atom. The first kappa shape index (κ1) is 19.8. The van der Waals surface area contributed by atoms with Crippen molar-refractivity contribution in [3.05, 3.63) is 60.4 Å². The molecule has 3 aromatic rings. The maximum absolute atomic E-state index is 13.3. The van der Waals surface area contributed by atoms with Gasteiger partial charge in [-0.15, -0.1) is 0 Å². The van der Waals surface area contributed by atoms with Crippen LogP contribution in [0.4, 0.5) is 11.6 Å². The Bertz CT molecular complexity index is 1200. The van der Waals surface area contributed by atoms with Gasteiger partial charge in [0.15, 0.2) is 0 Å². The molecule has 152 valence electrons. The van der Waals surface area contributed by atoms with Crippen molar-refractivity contribution in [2.24, 2.45) is 0 Å². The third kappa shape index (κ3) is 3.96. The van der Waals surface area contributed by atoms with Crippen molar-refractivity contribution < 1.29 is 13.2 Å². The number of hydrogen-bond donors (Lipinski definition) is 1. The largest absolute Gasteiger partial charge is 0.378 e. The number of nitrogens with zero attached hydrogens (tertiary/aromatic N) is 4. The van der Waals surface area contributed by atoms with Gasteiger partial charge >= 0.3 is 0 Å². The second-order valence-electron chi connectivity index (χ2n) is 6.78. The van der Waals surface area contributed by atoms with Gasteiger partial charge in [-0.25, -0.2) is 18.4 Å². The van der Waals surface area contributed by atoms with Gasteiger partial charge in [0, 0.05) is 36.7 Å². The third-order valence-corrected chi connectivity index (χ3v) is 6.63. The zero-order valence-electron chi connectivity index (χ0n) is 16.0. The van der Waals surface area contributed by atoms with E-state index in [4.69, 9.17) is 15.7 Å². The van der Waals surface area contributed by atoms with E-state index in [0.29, 0.717) is 43.0 Å². The minimum Gasteiger partial charge on any atom is -0.378 e. The van der Waals surface area contributed by atoms with Crippen LogP contribution in [0.2, 0.25) is 0 Å².